The van der Waals surface area contributed by atoms with E-state index in [9.17, 15) is 13.6 Å². The Bertz CT molecular complexity index is 967. The summed E-state index contributed by atoms with van der Waals surface area (Å²) >= 11 is 0. The molecule has 1 unspecified atom stereocenters. The van der Waals surface area contributed by atoms with E-state index >= 15 is 0 Å². The Hall–Kier alpha value is -2.28. The van der Waals surface area contributed by atoms with Crippen LogP contribution in [0, 0.1) is 19.1 Å². The molecule has 3 rings (SSSR count). The molecule has 0 spiro atoms. The molecule has 1 heterocycles. The van der Waals surface area contributed by atoms with Gasteiger partial charge in [0.05, 0.1) is 0 Å². The number of aryl methyl sites for hydroxylation is 2. The molecule has 2 aromatic carbocycles. The predicted molar refractivity (Wildman–Crippen MR) is 88.8 cm³/mol. The van der Waals surface area contributed by atoms with Crippen LogP contribution in [0.3, 0.4) is 0 Å². The third-order valence-corrected chi connectivity index (χ3v) is 5.24. The third-order valence-electron chi connectivity index (χ3n) is 3.64. The number of quaternary nitrogens is 1. The highest BCUT2D eigenvalue weighted by Gasteiger charge is 2.25. The smallest absolute Gasteiger partial charge is 0.330 e. The molecule has 23 heavy (non-hydrogen) atoms. The largest absolute Gasteiger partial charge is 0.612 e. The lowest BCUT2D eigenvalue weighted by molar-refractivity contribution is -0.623. The number of hydrogen-bond donors (Lipinski definition) is 1. The molecule has 0 saturated carbocycles. The second-order valence-corrected chi connectivity index (χ2v) is 7.34. The Morgan fingerprint density at radius 3 is 2.39 bits per heavy atom. The highest BCUT2D eigenvalue weighted by Crippen LogP contribution is 2.20. The fourth-order valence-electron chi connectivity index (χ4n) is 2.40. The highest BCUT2D eigenvalue weighted by molar-refractivity contribution is 7.85. The first-order valence-electron chi connectivity index (χ1n) is 7.11. The number of aromatic nitrogens is 1. The van der Waals surface area contributed by atoms with Crippen LogP contribution in [0.25, 0.3) is 10.9 Å². The third kappa shape index (κ3) is 2.84. The number of para-hydroxylation sites is 1. The zero-order valence-electron chi connectivity index (χ0n) is 12.8. The Morgan fingerprint density at radius 1 is 1.00 bits per heavy atom. The van der Waals surface area contributed by atoms with Gasteiger partial charge in [-0.05, 0) is 37.6 Å². The van der Waals surface area contributed by atoms with Crippen LogP contribution in [0.2, 0.25) is 0 Å². The zero-order chi connectivity index (χ0) is 16.6. The molecule has 0 amide bonds. The number of rotatable bonds is 3. The summed E-state index contributed by atoms with van der Waals surface area (Å²) in [5, 5.41) is 13.4. The maximum atomic E-state index is 12.6. The number of nitrogens with zero attached hydrogens (tertiary/aromatic N) is 1. The first kappa shape index (κ1) is 15.6. The predicted octanol–water partition coefficient (Wildman–Crippen LogP) is 2.25. The fraction of sp³-hybridized carbons (Fsp3) is 0.118. The normalized spacial score (nSPS) is 13.2. The van der Waals surface area contributed by atoms with Gasteiger partial charge in [0.15, 0.2) is 5.69 Å². The Morgan fingerprint density at radius 2 is 1.70 bits per heavy atom. The molecule has 0 saturated heterocycles. The van der Waals surface area contributed by atoms with Gasteiger partial charge in [0, 0.05) is 17.6 Å². The molecule has 0 aliphatic heterocycles. The zero-order valence-corrected chi connectivity index (χ0v) is 13.6. The van der Waals surface area contributed by atoms with Crippen LogP contribution in [0.5, 0.6) is 0 Å². The molecule has 118 valence electrons. The molecule has 3 aromatic rings. The van der Waals surface area contributed by atoms with Crippen molar-refractivity contribution in [3.05, 3.63) is 71.1 Å². The van der Waals surface area contributed by atoms with E-state index in [-0.39, 0.29) is 10.6 Å². The Kier molecular flexibility index (Phi) is 3.89. The molecule has 0 bridgehead atoms. The van der Waals surface area contributed by atoms with Crippen LogP contribution in [0.4, 0.5) is 5.69 Å². The average molecular weight is 328 g/mol. The monoisotopic (exact) mass is 328 g/mol. The lowest BCUT2D eigenvalue weighted by Crippen LogP contribution is -3.04. The second-order valence-electron chi connectivity index (χ2n) is 5.49. The van der Waals surface area contributed by atoms with Gasteiger partial charge >= 0.3 is 10.0 Å². The molecule has 0 radical (unpaired) electrons. The van der Waals surface area contributed by atoms with Crippen LogP contribution in [0.1, 0.15) is 11.1 Å². The van der Waals surface area contributed by atoms with E-state index in [1.165, 1.54) is 18.2 Å². The highest BCUT2D eigenvalue weighted by atomic mass is 32.2. The van der Waals surface area contributed by atoms with Gasteiger partial charge in [-0.2, -0.15) is 8.42 Å². The first-order chi connectivity index (χ1) is 10.9. The van der Waals surface area contributed by atoms with Crippen molar-refractivity contribution < 1.29 is 12.9 Å². The number of sulfonamides is 1. The van der Waals surface area contributed by atoms with Crippen molar-refractivity contribution in [2.45, 2.75) is 18.7 Å². The molecule has 1 aromatic heterocycles. The van der Waals surface area contributed by atoms with Crippen LogP contribution in [-0.4, -0.2) is 13.4 Å². The maximum absolute atomic E-state index is 12.6. The van der Waals surface area contributed by atoms with Gasteiger partial charge in [-0.1, -0.05) is 29.8 Å². The number of hydrogen-bond acceptors (Lipinski definition) is 4. The van der Waals surface area contributed by atoms with Gasteiger partial charge in [0.1, 0.15) is 10.4 Å². The summed E-state index contributed by atoms with van der Waals surface area (Å²) in [6, 6.07) is 13.1. The van der Waals surface area contributed by atoms with Crippen molar-refractivity contribution in [3.63, 3.8) is 0 Å². The molecular formula is C17H16N2O3S. The molecule has 6 heteroatoms. The lowest BCUT2D eigenvalue weighted by Gasteiger charge is -2.22. The standard InChI is InChI=1S/C17H16N2O3S/c1-12-6-8-15(9-7-12)23(21,22)19(20)16-5-3-4-14-10-13(2)11-18-17(14)16/h3-11,19H,1-2H3. The summed E-state index contributed by atoms with van der Waals surface area (Å²) in [5.41, 5.74) is 2.38. The summed E-state index contributed by atoms with van der Waals surface area (Å²) < 4.78 is 24.2. The molecule has 1 atom stereocenters. The van der Waals surface area contributed by atoms with Crippen molar-refractivity contribution in [1.29, 1.82) is 0 Å². The Labute approximate surface area is 134 Å². The second kappa shape index (κ2) is 5.73. The summed E-state index contributed by atoms with van der Waals surface area (Å²) in [5.74, 6) is 0. The van der Waals surface area contributed by atoms with E-state index in [4.69, 9.17) is 0 Å². The van der Waals surface area contributed by atoms with Crippen molar-refractivity contribution >= 4 is 26.6 Å². The molecular weight excluding hydrogens is 312 g/mol. The molecule has 0 aliphatic carbocycles. The van der Waals surface area contributed by atoms with Crippen LogP contribution in [-0.2, 0) is 10.0 Å². The van der Waals surface area contributed by atoms with Crippen LogP contribution < -0.4 is 4.47 Å². The van der Waals surface area contributed by atoms with Gasteiger partial charge in [-0.3, -0.25) is 0 Å². The summed E-state index contributed by atoms with van der Waals surface area (Å²) in [4.78, 5) is 4.24. The minimum Gasteiger partial charge on any atom is -0.612 e. The van der Waals surface area contributed by atoms with E-state index in [1.54, 1.807) is 24.4 Å². The molecule has 5 nitrogen and oxygen atoms in total. The lowest BCUT2D eigenvalue weighted by atomic mass is 10.1. The number of fused-ring (bicyclic) bond motifs is 1. The number of nitrogens with one attached hydrogen (secondary N) is 1. The molecule has 0 aliphatic rings. The summed E-state index contributed by atoms with van der Waals surface area (Å²) in [6.07, 6.45) is 1.62. The van der Waals surface area contributed by atoms with Crippen molar-refractivity contribution in [2.24, 2.45) is 0 Å². The van der Waals surface area contributed by atoms with Gasteiger partial charge in [0.25, 0.3) is 0 Å². The fourth-order valence-corrected chi connectivity index (χ4v) is 3.57. The van der Waals surface area contributed by atoms with Crippen LogP contribution in [0.15, 0.2) is 59.6 Å². The molecule has 0 fully saturated rings. The SMILES string of the molecule is Cc1ccc(S(=O)(=O)[NH+]([O-])c2cccc3cc(C)cnc23)cc1. The van der Waals surface area contributed by atoms with Gasteiger partial charge in [-0.25, -0.2) is 9.45 Å². The van der Waals surface area contributed by atoms with Crippen molar-refractivity contribution in [3.8, 4) is 0 Å². The topological polar surface area (TPSA) is 74.5 Å². The van der Waals surface area contributed by atoms with Gasteiger partial charge < -0.3 is 5.21 Å². The van der Waals surface area contributed by atoms with Crippen molar-refractivity contribution in [2.75, 3.05) is 0 Å². The summed E-state index contributed by atoms with van der Waals surface area (Å²) in [6.45, 7) is 3.75. The van der Waals surface area contributed by atoms with Gasteiger partial charge in [-0.15, -0.1) is 0 Å². The van der Waals surface area contributed by atoms with Gasteiger partial charge in [0.2, 0.25) is 0 Å². The Balaban J connectivity index is 2.13. The minimum atomic E-state index is -4.09. The summed E-state index contributed by atoms with van der Waals surface area (Å²) in [7, 11) is -4.09. The number of pyridine rings is 1. The van der Waals surface area contributed by atoms with E-state index < -0.39 is 14.5 Å². The van der Waals surface area contributed by atoms with Crippen molar-refractivity contribution in [1.82, 2.24) is 4.98 Å². The first-order valence-corrected chi connectivity index (χ1v) is 8.59. The van der Waals surface area contributed by atoms with Crippen LogP contribution >= 0.6 is 0 Å². The average Bonchev–Trinajstić information content (AvgIpc) is 2.53. The molecule has 1 N–H and O–H groups in total. The number of benzene rings is 2. The minimum absolute atomic E-state index is 0.00258. The van der Waals surface area contributed by atoms with E-state index in [1.807, 2.05) is 26.0 Å². The maximum Gasteiger partial charge on any atom is 0.330 e. The van der Waals surface area contributed by atoms with E-state index in [0.717, 1.165) is 16.5 Å². The van der Waals surface area contributed by atoms with E-state index in [2.05, 4.69) is 4.98 Å². The van der Waals surface area contributed by atoms with E-state index in [0.29, 0.717) is 5.52 Å². The quantitative estimate of drug-likeness (QED) is 0.748.